The molecular weight excluding hydrogens is 471 g/mol. The summed E-state index contributed by atoms with van der Waals surface area (Å²) < 4.78 is 10.8. The van der Waals surface area contributed by atoms with Crippen molar-refractivity contribution in [3.8, 4) is 0 Å². The highest BCUT2D eigenvalue weighted by atomic mass is 127. The van der Waals surface area contributed by atoms with E-state index in [1.54, 1.807) is 20.4 Å². The lowest BCUT2D eigenvalue weighted by atomic mass is 10.1. The van der Waals surface area contributed by atoms with Crippen molar-refractivity contribution < 1.29 is 13.9 Å². The van der Waals surface area contributed by atoms with E-state index in [4.69, 9.17) is 9.15 Å². The molecule has 28 heavy (non-hydrogen) atoms. The van der Waals surface area contributed by atoms with Gasteiger partial charge < -0.3 is 25.1 Å². The Morgan fingerprint density at radius 1 is 1.18 bits per heavy atom. The second kappa shape index (κ2) is 14.0. The number of nitrogens with one attached hydrogen (secondary N) is 3. The van der Waals surface area contributed by atoms with Crippen LogP contribution < -0.4 is 16.0 Å². The molecule has 0 atom stereocenters. The third kappa shape index (κ3) is 8.75. The second-order valence-corrected chi connectivity index (χ2v) is 5.94. The summed E-state index contributed by atoms with van der Waals surface area (Å²) in [6, 6.07) is 11.4. The van der Waals surface area contributed by atoms with Gasteiger partial charge in [0, 0.05) is 39.4 Å². The van der Waals surface area contributed by atoms with Gasteiger partial charge in [0.05, 0.1) is 6.26 Å². The SMILES string of the molecule is CN=C(NCCCOCc1ccco1)NCCc1cccc(C(=O)NC)c1.I. The van der Waals surface area contributed by atoms with Gasteiger partial charge in [-0.05, 0) is 42.7 Å². The molecule has 1 heterocycles. The average molecular weight is 500 g/mol. The molecule has 7 nitrogen and oxygen atoms in total. The number of furan rings is 1. The van der Waals surface area contributed by atoms with Crippen LogP contribution in [0.15, 0.2) is 52.1 Å². The summed E-state index contributed by atoms with van der Waals surface area (Å²) in [6.45, 7) is 2.64. The zero-order valence-corrected chi connectivity index (χ0v) is 18.7. The van der Waals surface area contributed by atoms with Gasteiger partial charge >= 0.3 is 0 Å². The average Bonchev–Trinajstić information content (AvgIpc) is 3.22. The van der Waals surface area contributed by atoms with Crippen molar-refractivity contribution in [1.82, 2.24) is 16.0 Å². The Balaban J connectivity index is 0.00000392. The second-order valence-electron chi connectivity index (χ2n) is 5.94. The number of carbonyl (C=O) groups excluding carboxylic acids is 1. The molecule has 0 aliphatic heterocycles. The summed E-state index contributed by atoms with van der Waals surface area (Å²) in [6.07, 6.45) is 3.32. The summed E-state index contributed by atoms with van der Waals surface area (Å²) in [4.78, 5) is 15.9. The summed E-state index contributed by atoms with van der Waals surface area (Å²) in [5.41, 5.74) is 1.78. The number of halogens is 1. The molecule has 0 radical (unpaired) electrons. The van der Waals surface area contributed by atoms with Crippen molar-refractivity contribution >= 4 is 35.8 Å². The Labute approximate surface area is 183 Å². The van der Waals surface area contributed by atoms with Crippen LogP contribution in [0.4, 0.5) is 0 Å². The highest BCUT2D eigenvalue weighted by Crippen LogP contribution is 2.05. The molecule has 1 aromatic carbocycles. The number of hydrogen-bond donors (Lipinski definition) is 3. The van der Waals surface area contributed by atoms with Crippen molar-refractivity contribution in [1.29, 1.82) is 0 Å². The molecule has 0 aliphatic carbocycles. The maximum atomic E-state index is 11.7. The zero-order chi connectivity index (χ0) is 19.3. The lowest BCUT2D eigenvalue weighted by Crippen LogP contribution is -2.39. The lowest BCUT2D eigenvalue weighted by Gasteiger charge is -2.12. The van der Waals surface area contributed by atoms with Gasteiger partial charge in [-0.2, -0.15) is 0 Å². The minimum absolute atomic E-state index is 0. The summed E-state index contributed by atoms with van der Waals surface area (Å²) in [5, 5.41) is 9.17. The van der Waals surface area contributed by atoms with Crippen LogP contribution in [0.1, 0.15) is 28.1 Å². The zero-order valence-electron chi connectivity index (χ0n) is 16.4. The van der Waals surface area contributed by atoms with Gasteiger partial charge in [0.25, 0.3) is 5.91 Å². The molecule has 0 spiro atoms. The quantitative estimate of drug-likeness (QED) is 0.202. The molecule has 0 aliphatic rings. The first-order valence-corrected chi connectivity index (χ1v) is 9.08. The minimum Gasteiger partial charge on any atom is -0.467 e. The number of benzene rings is 1. The Morgan fingerprint density at radius 3 is 2.71 bits per heavy atom. The highest BCUT2D eigenvalue weighted by molar-refractivity contribution is 14.0. The van der Waals surface area contributed by atoms with E-state index in [2.05, 4.69) is 20.9 Å². The van der Waals surface area contributed by atoms with Crippen LogP contribution in [0.2, 0.25) is 0 Å². The first-order valence-electron chi connectivity index (χ1n) is 9.08. The van der Waals surface area contributed by atoms with Crippen molar-refractivity contribution in [2.75, 3.05) is 33.8 Å². The molecule has 0 fully saturated rings. The van der Waals surface area contributed by atoms with Crippen molar-refractivity contribution in [3.63, 3.8) is 0 Å². The third-order valence-electron chi connectivity index (χ3n) is 3.93. The van der Waals surface area contributed by atoms with E-state index in [9.17, 15) is 4.79 Å². The molecule has 8 heteroatoms. The first-order chi connectivity index (χ1) is 13.2. The molecule has 154 valence electrons. The number of aliphatic imine (C=N–C) groups is 1. The van der Waals surface area contributed by atoms with E-state index in [0.717, 1.165) is 43.2 Å². The number of amides is 1. The molecule has 0 unspecified atom stereocenters. The summed E-state index contributed by atoms with van der Waals surface area (Å²) >= 11 is 0. The molecular formula is C20H29IN4O3. The number of carbonyl (C=O) groups is 1. The summed E-state index contributed by atoms with van der Waals surface area (Å²) in [5.74, 6) is 1.51. The fourth-order valence-corrected chi connectivity index (χ4v) is 2.51. The van der Waals surface area contributed by atoms with Gasteiger partial charge in [-0.15, -0.1) is 24.0 Å². The van der Waals surface area contributed by atoms with Gasteiger partial charge in [0.1, 0.15) is 12.4 Å². The van der Waals surface area contributed by atoms with Crippen molar-refractivity contribution in [3.05, 3.63) is 59.5 Å². The molecule has 2 rings (SSSR count). The topological polar surface area (TPSA) is 87.9 Å². The van der Waals surface area contributed by atoms with Crippen LogP contribution >= 0.6 is 24.0 Å². The summed E-state index contributed by atoms with van der Waals surface area (Å²) in [7, 11) is 3.38. The van der Waals surface area contributed by atoms with E-state index in [1.165, 1.54) is 0 Å². The predicted octanol–water partition coefficient (Wildman–Crippen LogP) is 2.57. The molecule has 1 amide bonds. The van der Waals surface area contributed by atoms with Gasteiger partial charge in [0.2, 0.25) is 0 Å². The fraction of sp³-hybridized carbons (Fsp3) is 0.400. The normalized spacial score (nSPS) is 10.9. The molecule has 1 aromatic heterocycles. The third-order valence-corrected chi connectivity index (χ3v) is 3.93. The minimum atomic E-state index is -0.0726. The van der Waals surface area contributed by atoms with Crippen molar-refractivity contribution in [2.45, 2.75) is 19.4 Å². The van der Waals surface area contributed by atoms with Gasteiger partial charge in [0.15, 0.2) is 5.96 Å². The standard InChI is InChI=1S/C20H28N4O3.HI/c1-21-19(25)17-7-3-6-16(14-17)9-11-24-20(22-2)23-10-5-12-26-15-18-8-4-13-27-18;/h3-4,6-8,13-14H,5,9-12,15H2,1-2H3,(H,21,25)(H2,22,23,24);1H. The molecule has 0 saturated heterocycles. The van der Waals surface area contributed by atoms with Gasteiger partial charge in [-0.1, -0.05) is 12.1 Å². The number of guanidine groups is 1. The van der Waals surface area contributed by atoms with E-state index >= 15 is 0 Å². The lowest BCUT2D eigenvalue weighted by molar-refractivity contribution is 0.0963. The Bertz CT molecular complexity index is 720. The number of ether oxygens (including phenoxy) is 1. The number of hydrogen-bond acceptors (Lipinski definition) is 4. The number of nitrogens with zero attached hydrogens (tertiary/aromatic N) is 1. The maximum Gasteiger partial charge on any atom is 0.251 e. The highest BCUT2D eigenvalue weighted by Gasteiger charge is 2.04. The molecule has 0 saturated carbocycles. The van der Waals surface area contributed by atoms with Crippen LogP contribution in [0.25, 0.3) is 0 Å². The van der Waals surface area contributed by atoms with Gasteiger partial charge in [-0.3, -0.25) is 9.79 Å². The number of rotatable bonds is 10. The van der Waals surface area contributed by atoms with Crippen LogP contribution in [0.3, 0.4) is 0 Å². The molecule has 3 N–H and O–H groups in total. The molecule has 2 aromatic rings. The first kappa shape index (κ1) is 24.0. The van der Waals surface area contributed by atoms with Crippen LogP contribution in [-0.2, 0) is 17.8 Å². The smallest absolute Gasteiger partial charge is 0.251 e. The fourth-order valence-electron chi connectivity index (χ4n) is 2.51. The van der Waals surface area contributed by atoms with Crippen molar-refractivity contribution in [2.24, 2.45) is 4.99 Å². The van der Waals surface area contributed by atoms with Crippen LogP contribution in [0, 0.1) is 0 Å². The van der Waals surface area contributed by atoms with Gasteiger partial charge in [-0.25, -0.2) is 0 Å². The van der Waals surface area contributed by atoms with E-state index in [1.807, 2.05) is 36.4 Å². The van der Waals surface area contributed by atoms with Crippen LogP contribution in [0.5, 0.6) is 0 Å². The largest absolute Gasteiger partial charge is 0.467 e. The van der Waals surface area contributed by atoms with E-state index < -0.39 is 0 Å². The Morgan fingerprint density at radius 2 is 2.00 bits per heavy atom. The van der Waals surface area contributed by atoms with Crippen LogP contribution in [-0.4, -0.2) is 45.7 Å². The van der Waals surface area contributed by atoms with E-state index in [-0.39, 0.29) is 29.9 Å². The Kier molecular flexibility index (Phi) is 12.0. The molecule has 0 bridgehead atoms. The monoisotopic (exact) mass is 500 g/mol. The Hall–Kier alpha value is -2.07. The maximum absolute atomic E-state index is 11.7. The predicted molar refractivity (Wildman–Crippen MR) is 121 cm³/mol. The van der Waals surface area contributed by atoms with E-state index in [0.29, 0.717) is 18.8 Å².